The number of ether oxygens (including phenoxy) is 2. The summed E-state index contributed by atoms with van der Waals surface area (Å²) in [5, 5.41) is 4.14. The van der Waals surface area contributed by atoms with E-state index in [1.165, 1.54) is 6.20 Å². The Morgan fingerprint density at radius 3 is 2.78 bits per heavy atom. The number of anilines is 1. The Balaban J connectivity index is 2.00. The maximum atomic E-state index is 12.5. The predicted octanol–water partition coefficient (Wildman–Crippen LogP) is 4.13. The highest BCUT2D eigenvalue weighted by Crippen LogP contribution is 2.28. The molecule has 1 aromatic carbocycles. The van der Waals surface area contributed by atoms with Gasteiger partial charge in [0.25, 0.3) is 0 Å². The van der Waals surface area contributed by atoms with Gasteiger partial charge in [0.15, 0.2) is 5.65 Å². The van der Waals surface area contributed by atoms with E-state index < -0.39 is 5.97 Å². The zero-order chi connectivity index (χ0) is 19.2. The lowest BCUT2D eigenvalue weighted by atomic mass is 10.1. The van der Waals surface area contributed by atoms with Gasteiger partial charge in [-0.25, -0.2) is 14.8 Å². The molecule has 6 heteroatoms. The van der Waals surface area contributed by atoms with E-state index >= 15 is 0 Å². The molecular formula is C21H23N3O3. The van der Waals surface area contributed by atoms with Crippen molar-refractivity contribution in [3.05, 3.63) is 59.4 Å². The van der Waals surface area contributed by atoms with Gasteiger partial charge in [0.1, 0.15) is 11.3 Å². The number of rotatable bonds is 7. The minimum Gasteiger partial charge on any atom is -0.496 e. The molecule has 6 nitrogen and oxygen atoms in total. The van der Waals surface area contributed by atoms with Gasteiger partial charge in [-0.3, -0.25) is 0 Å². The molecule has 2 aromatic heterocycles. The molecule has 0 spiro atoms. The lowest BCUT2D eigenvalue weighted by Crippen LogP contribution is -2.12. The van der Waals surface area contributed by atoms with Crippen molar-refractivity contribution in [3.8, 4) is 5.75 Å². The standard InChI is InChI=1S/C21H23N3O3/c1-4-11-27-21(25)17-13-23-20-16(10-9-14(2)24-20)19(17)22-12-15-7-5-6-8-18(15)26-3/h5-10,13H,4,11-12H2,1-3H3,(H,22,23,24). The molecule has 3 rings (SSSR count). The number of carbonyl (C=O) groups is 1. The van der Waals surface area contributed by atoms with E-state index in [2.05, 4.69) is 15.3 Å². The second-order valence-electron chi connectivity index (χ2n) is 6.17. The van der Waals surface area contributed by atoms with E-state index in [-0.39, 0.29) is 0 Å². The fraction of sp³-hybridized carbons (Fsp3) is 0.286. The van der Waals surface area contributed by atoms with Gasteiger partial charge < -0.3 is 14.8 Å². The third-order valence-electron chi connectivity index (χ3n) is 4.17. The Morgan fingerprint density at radius 1 is 1.19 bits per heavy atom. The number of fused-ring (bicyclic) bond motifs is 1. The van der Waals surface area contributed by atoms with E-state index in [1.54, 1.807) is 7.11 Å². The fourth-order valence-corrected chi connectivity index (χ4v) is 2.82. The molecule has 0 fully saturated rings. The lowest BCUT2D eigenvalue weighted by Gasteiger charge is -2.15. The van der Waals surface area contributed by atoms with Gasteiger partial charge in [-0.15, -0.1) is 0 Å². The van der Waals surface area contributed by atoms with Gasteiger partial charge in [-0.2, -0.15) is 0 Å². The zero-order valence-corrected chi connectivity index (χ0v) is 15.8. The Hall–Kier alpha value is -3.15. The minimum atomic E-state index is -0.394. The quantitative estimate of drug-likeness (QED) is 0.635. The summed E-state index contributed by atoms with van der Waals surface area (Å²) in [6, 6.07) is 11.6. The summed E-state index contributed by atoms with van der Waals surface area (Å²) in [7, 11) is 1.64. The van der Waals surface area contributed by atoms with Crippen LogP contribution in [0.2, 0.25) is 0 Å². The van der Waals surface area contributed by atoms with Crippen molar-refractivity contribution in [2.24, 2.45) is 0 Å². The maximum Gasteiger partial charge on any atom is 0.341 e. The number of aryl methyl sites for hydroxylation is 1. The molecule has 3 aromatic rings. The fourth-order valence-electron chi connectivity index (χ4n) is 2.82. The summed E-state index contributed by atoms with van der Waals surface area (Å²) in [5.41, 5.74) is 3.51. The summed E-state index contributed by atoms with van der Waals surface area (Å²) in [4.78, 5) is 21.3. The SMILES string of the molecule is CCCOC(=O)c1cnc2nc(C)ccc2c1NCc1ccccc1OC. The van der Waals surface area contributed by atoms with Crippen LogP contribution in [0.25, 0.3) is 11.0 Å². The van der Waals surface area contributed by atoms with E-state index in [0.29, 0.717) is 30.0 Å². The molecular weight excluding hydrogens is 342 g/mol. The van der Waals surface area contributed by atoms with Gasteiger partial charge in [-0.05, 0) is 31.5 Å². The average Bonchev–Trinajstić information content (AvgIpc) is 2.70. The number of pyridine rings is 2. The molecule has 2 heterocycles. The monoisotopic (exact) mass is 365 g/mol. The van der Waals surface area contributed by atoms with Crippen molar-refractivity contribution in [2.75, 3.05) is 19.0 Å². The van der Waals surface area contributed by atoms with E-state index in [9.17, 15) is 4.79 Å². The molecule has 0 aliphatic rings. The highest BCUT2D eigenvalue weighted by atomic mass is 16.5. The van der Waals surface area contributed by atoms with Gasteiger partial charge in [0.05, 0.1) is 19.4 Å². The van der Waals surface area contributed by atoms with Crippen LogP contribution in [-0.2, 0) is 11.3 Å². The Labute approximate surface area is 158 Å². The first-order chi connectivity index (χ1) is 13.1. The first-order valence-electron chi connectivity index (χ1n) is 8.93. The summed E-state index contributed by atoms with van der Waals surface area (Å²) < 4.78 is 10.7. The number of nitrogens with one attached hydrogen (secondary N) is 1. The van der Waals surface area contributed by atoms with Gasteiger partial charge >= 0.3 is 5.97 Å². The second-order valence-corrected chi connectivity index (χ2v) is 6.17. The average molecular weight is 365 g/mol. The molecule has 0 unspecified atom stereocenters. The number of para-hydroxylation sites is 1. The van der Waals surface area contributed by atoms with Crippen LogP contribution < -0.4 is 10.1 Å². The van der Waals surface area contributed by atoms with E-state index in [4.69, 9.17) is 9.47 Å². The van der Waals surface area contributed by atoms with Gasteiger partial charge in [-0.1, -0.05) is 25.1 Å². The topological polar surface area (TPSA) is 73.3 Å². The summed E-state index contributed by atoms with van der Waals surface area (Å²) in [6.45, 7) is 4.73. The molecule has 0 amide bonds. The van der Waals surface area contributed by atoms with E-state index in [0.717, 1.165) is 28.8 Å². The summed E-state index contributed by atoms with van der Waals surface area (Å²) in [6.07, 6.45) is 2.29. The largest absolute Gasteiger partial charge is 0.496 e. The van der Waals surface area contributed by atoms with Crippen LogP contribution in [0.5, 0.6) is 5.75 Å². The normalized spacial score (nSPS) is 10.6. The highest BCUT2D eigenvalue weighted by molar-refractivity contribution is 6.04. The van der Waals surface area contributed by atoms with Crippen molar-refractivity contribution in [2.45, 2.75) is 26.8 Å². The Morgan fingerprint density at radius 2 is 2.00 bits per heavy atom. The van der Waals surface area contributed by atoms with Crippen molar-refractivity contribution < 1.29 is 14.3 Å². The molecule has 0 saturated heterocycles. The van der Waals surface area contributed by atoms with Crippen LogP contribution in [-0.4, -0.2) is 29.7 Å². The van der Waals surface area contributed by atoms with Crippen LogP contribution in [0.4, 0.5) is 5.69 Å². The number of methoxy groups -OCH3 is 1. The Kier molecular flexibility index (Phi) is 5.86. The third kappa shape index (κ3) is 4.16. The minimum absolute atomic E-state index is 0.370. The molecule has 27 heavy (non-hydrogen) atoms. The number of hydrogen-bond acceptors (Lipinski definition) is 6. The number of hydrogen-bond donors (Lipinski definition) is 1. The molecule has 0 atom stereocenters. The van der Waals surface area contributed by atoms with Gasteiger partial charge in [0.2, 0.25) is 0 Å². The van der Waals surface area contributed by atoms with Crippen molar-refractivity contribution in [1.29, 1.82) is 0 Å². The summed E-state index contributed by atoms with van der Waals surface area (Å²) >= 11 is 0. The highest BCUT2D eigenvalue weighted by Gasteiger charge is 2.18. The van der Waals surface area contributed by atoms with Crippen molar-refractivity contribution >= 4 is 22.7 Å². The molecule has 0 bridgehead atoms. The number of nitrogens with zero attached hydrogens (tertiary/aromatic N) is 2. The number of aromatic nitrogens is 2. The molecule has 0 aliphatic heterocycles. The lowest BCUT2D eigenvalue weighted by molar-refractivity contribution is 0.0506. The first kappa shape index (κ1) is 18.6. The third-order valence-corrected chi connectivity index (χ3v) is 4.17. The maximum absolute atomic E-state index is 12.5. The number of carbonyl (C=O) groups excluding carboxylic acids is 1. The van der Waals surface area contributed by atoms with Crippen molar-refractivity contribution in [3.63, 3.8) is 0 Å². The number of benzene rings is 1. The first-order valence-corrected chi connectivity index (χ1v) is 8.93. The molecule has 140 valence electrons. The van der Waals surface area contributed by atoms with Crippen LogP contribution in [0, 0.1) is 6.92 Å². The molecule has 0 saturated carbocycles. The number of esters is 1. The Bertz CT molecular complexity index is 957. The predicted molar refractivity (Wildman–Crippen MR) is 105 cm³/mol. The zero-order valence-electron chi connectivity index (χ0n) is 15.8. The molecule has 0 aliphatic carbocycles. The van der Waals surface area contributed by atoms with Crippen LogP contribution in [0.1, 0.15) is 35.0 Å². The second kappa shape index (κ2) is 8.49. The molecule has 1 N–H and O–H groups in total. The summed E-state index contributed by atoms with van der Waals surface area (Å²) in [5.74, 6) is 0.391. The van der Waals surface area contributed by atoms with Gasteiger partial charge in [0, 0.05) is 29.4 Å². The molecule has 0 radical (unpaired) electrons. The smallest absolute Gasteiger partial charge is 0.341 e. The van der Waals surface area contributed by atoms with Crippen molar-refractivity contribution in [1.82, 2.24) is 9.97 Å². The van der Waals surface area contributed by atoms with E-state index in [1.807, 2.05) is 50.2 Å². The van der Waals surface area contributed by atoms with Crippen LogP contribution in [0.3, 0.4) is 0 Å². The van der Waals surface area contributed by atoms with Crippen LogP contribution in [0.15, 0.2) is 42.6 Å². The van der Waals surface area contributed by atoms with Crippen LogP contribution >= 0.6 is 0 Å².